The average Bonchev–Trinajstić information content (AvgIpc) is 2.83. The lowest BCUT2D eigenvalue weighted by molar-refractivity contribution is 0.0690. The molecule has 0 aliphatic carbocycles. The monoisotopic (exact) mass is 270 g/mol. The highest BCUT2D eigenvalue weighted by atomic mass is 19.2. The first-order valence-corrected chi connectivity index (χ1v) is 4.99. The van der Waals surface area contributed by atoms with Gasteiger partial charge >= 0.3 is 5.97 Å². The van der Waals surface area contributed by atoms with Crippen LogP contribution < -0.4 is 4.74 Å². The first kappa shape index (κ1) is 12.8. The highest BCUT2D eigenvalue weighted by molar-refractivity contribution is 5.87. The number of rotatable bonds is 3. The SMILES string of the molecule is COc1cc(F)c(F)c(-c2cc(C(=O)O)[nH]n2)c1O. The Balaban J connectivity index is 2.66. The lowest BCUT2D eigenvalue weighted by Crippen LogP contribution is -1.95. The maximum absolute atomic E-state index is 13.7. The van der Waals surface area contributed by atoms with E-state index in [0.717, 1.165) is 6.07 Å². The summed E-state index contributed by atoms with van der Waals surface area (Å²) in [6, 6.07) is 1.65. The summed E-state index contributed by atoms with van der Waals surface area (Å²) in [6.07, 6.45) is 0. The number of aromatic hydroxyl groups is 1. The van der Waals surface area contributed by atoms with Crippen LogP contribution in [0.1, 0.15) is 10.5 Å². The molecule has 1 aromatic heterocycles. The highest BCUT2D eigenvalue weighted by Crippen LogP contribution is 2.39. The molecule has 2 rings (SSSR count). The van der Waals surface area contributed by atoms with Crippen molar-refractivity contribution in [3.05, 3.63) is 29.5 Å². The third kappa shape index (κ3) is 2.07. The van der Waals surface area contributed by atoms with Gasteiger partial charge < -0.3 is 14.9 Å². The zero-order valence-corrected chi connectivity index (χ0v) is 9.57. The van der Waals surface area contributed by atoms with E-state index in [1.165, 1.54) is 7.11 Å². The fourth-order valence-electron chi connectivity index (χ4n) is 1.54. The average molecular weight is 270 g/mol. The van der Waals surface area contributed by atoms with E-state index in [2.05, 4.69) is 14.9 Å². The van der Waals surface area contributed by atoms with Gasteiger partial charge in [0.1, 0.15) is 5.69 Å². The minimum Gasteiger partial charge on any atom is -0.504 e. The Labute approximate surface area is 105 Å². The number of phenolic OH excluding ortho intramolecular Hbond substituents is 1. The van der Waals surface area contributed by atoms with E-state index in [-0.39, 0.29) is 17.1 Å². The van der Waals surface area contributed by atoms with Crippen molar-refractivity contribution in [2.75, 3.05) is 7.11 Å². The fraction of sp³-hybridized carbons (Fsp3) is 0.0909. The van der Waals surface area contributed by atoms with Gasteiger partial charge in [-0.15, -0.1) is 0 Å². The van der Waals surface area contributed by atoms with Crippen LogP contribution in [0.4, 0.5) is 8.78 Å². The van der Waals surface area contributed by atoms with Crippen LogP contribution in [-0.4, -0.2) is 33.5 Å². The summed E-state index contributed by atoms with van der Waals surface area (Å²) in [5.41, 5.74) is -1.14. The summed E-state index contributed by atoms with van der Waals surface area (Å²) in [6.45, 7) is 0. The molecular formula is C11H8F2N2O4. The van der Waals surface area contributed by atoms with Crippen molar-refractivity contribution in [3.8, 4) is 22.8 Å². The summed E-state index contributed by atoms with van der Waals surface area (Å²) in [7, 11) is 1.17. The number of aromatic amines is 1. The first-order valence-electron chi connectivity index (χ1n) is 4.99. The second-order valence-corrected chi connectivity index (χ2v) is 3.57. The minimum absolute atomic E-state index is 0.245. The molecule has 8 heteroatoms. The number of carbonyl (C=O) groups is 1. The maximum atomic E-state index is 13.7. The smallest absolute Gasteiger partial charge is 0.353 e. The van der Waals surface area contributed by atoms with Crippen molar-refractivity contribution in [1.82, 2.24) is 10.2 Å². The van der Waals surface area contributed by atoms with Gasteiger partial charge in [-0.2, -0.15) is 5.10 Å². The summed E-state index contributed by atoms with van der Waals surface area (Å²) < 4.78 is 31.7. The van der Waals surface area contributed by atoms with Gasteiger partial charge in [-0.05, 0) is 6.07 Å². The quantitative estimate of drug-likeness (QED) is 0.790. The van der Waals surface area contributed by atoms with Gasteiger partial charge in [-0.1, -0.05) is 0 Å². The van der Waals surface area contributed by atoms with E-state index >= 15 is 0 Å². The first-order chi connectivity index (χ1) is 8.95. The molecule has 0 bridgehead atoms. The van der Waals surface area contributed by atoms with Crippen LogP contribution in [0.2, 0.25) is 0 Å². The van der Waals surface area contributed by atoms with Crippen LogP contribution in [0.15, 0.2) is 12.1 Å². The fourth-order valence-corrected chi connectivity index (χ4v) is 1.54. The summed E-state index contributed by atoms with van der Waals surface area (Å²) in [5, 5.41) is 24.1. The number of phenols is 1. The lowest BCUT2D eigenvalue weighted by atomic mass is 10.1. The number of hydrogen-bond acceptors (Lipinski definition) is 4. The van der Waals surface area contributed by atoms with E-state index in [9.17, 15) is 18.7 Å². The summed E-state index contributed by atoms with van der Waals surface area (Å²) >= 11 is 0. The number of ether oxygens (including phenoxy) is 1. The molecular weight excluding hydrogens is 262 g/mol. The molecule has 0 amide bonds. The molecule has 2 aromatic rings. The molecule has 6 nitrogen and oxygen atoms in total. The van der Waals surface area contributed by atoms with E-state index < -0.39 is 28.9 Å². The van der Waals surface area contributed by atoms with Crippen LogP contribution in [0.25, 0.3) is 11.3 Å². The number of carboxylic acid groups (broad SMARTS) is 1. The number of benzene rings is 1. The zero-order valence-electron chi connectivity index (χ0n) is 9.57. The summed E-state index contributed by atoms with van der Waals surface area (Å²) in [4.78, 5) is 10.7. The molecule has 3 N–H and O–H groups in total. The van der Waals surface area contributed by atoms with Gasteiger partial charge in [-0.3, -0.25) is 5.10 Å². The van der Waals surface area contributed by atoms with Gasteiger partial charge in [0, 0.05) is 6.07 Å². The topological polar surface area (TPSA) is 95.4 Å². The molecule has 100 valence electrons. The molecule has 19 heavy (non-hydrogen) atoms. The van der Waals surface area contributed by atoms with Crippen molar-refractivity contribution in [1.29, 1.82) is 0 Å². The lowest BCUT2D eigenvalue weighted by Gasteiger charge is -2.08. The molecule has 0 saturated carbocycles. The van der Waals surface area contributed by atoms with Crippen molar-refractivity contribution >= 4 is 5.97 Å². The molecule has 0 saturated heterocycles. The Morgan fingerprint density at radius 1 is 1.42 bits per heavy atom. The van der Waals surface area contributed by atoms with E-state index in [4.69, 9.17) is 5.11 Å². The van der Waals surface area contributed by atoms with E-state index in [0.29, 0.717) is 6.07 Å². The summed E-state index contributed by atoms with van der Waals surface area (Å²) in [5.74, 6) is -4.85. The molecule has 0 atom stereocenters. The maximum Gasteiger partial charge on any atom is 0.353 e. The second-order valence-electron chi connectivity index (χ2n) is 3.57. The third-order valence-corrected chi connectivity index (χ3v) is 2.44. The Morgan fingerprint density at radius 2 is 2.11 bits per heavy atom. The van der Waals surface area contributed by atoms with Crippen molar-refractivity contribution in [2.24, 2.45) is 0 Å². The van der Waals surface area contributed by atoms with Gasteiger partial charge in [0.2, 0.25) is 0 Å². The standard InChI is InChI=1S/C11H8F2N2O4/c1-19-7-2-4(12)9(13)8(10(7)16)5-3-6(11(17)18)15-14-5/h2-3,16H,1H3,(H,14,15)(H,17,18). The van der Waals surface area contributed by atoms with Crippen LogP contribution >= 0.6 is 0 Å². The van der Waals surface area contributed by atoms with E-state index in [1.807, 2.05) is 0 Å². The van der Waals surface area contributed by atoms with Crippen molar-refractivity contribution in [2.45, 2.75) is 0 Å². The van der Waals surface area contributed by atoms with E-state index in [1.54, 1.807) is 0 Å². The molecule has 0 radical (unpaired) electrons. The number of hydrogen-bond donors (Lipinski definition) is 3. The largest absolute Gasteiger partial charge is 0.504 e. The van der Waals surface area contributed by atoms with Gasteiger partial charge in [0.05, 0.1) is 18.4 Å². The number of aromatic nitrogens is 2. The zero-order chi connectivity index (χ0) is 14.2. The normalized spacial score (nSPS) is 10.5. The molecule has 1 heterocycles. The van der Waals surface area contributed by atoms with Crippen molar-refractivity contribution < 1.29 is 28.5 Å². The second kappa shape index (κ2) is 4.56. The van der Waals surface area contributed by atoms with Gasteiger partial charge in [0.25, 0.3) is 0 Å². The van der Waals surface area contributed by atoms with Gasteiger partial charge in [0.15, 0.2) is 23.1 Å². The number of methoxy groups -OCH3 is 1. The number of nitrogens with one attached hydrogen (secondary N) is 1. The Kier molecular flexibility index (Phi) is 3.07. The number of nitrogens with zero attached hydrogens (tertiary/aromatic N) is 1. The van der Waals surface area contributed by atoms with Crippen LogP contribution in [0.5, 0.6) is 11.5 Å². The number of halogens is 2. The molecule has 0 fully saturated rings. The predicted molar refractivity (Wildman–Crippen MR) is 59.1 cm³/mol. The van der Waals surface area contributed by atoms with Crippen molar-refractivity contribution in [3.63, 3.8) is 0 Å². The molecule has 0 aliphatic rings. The number of carboxylic acids is 1. The van der Waals surface area contributed by atoms with Gasteiger partial charge in [-0.25, -0.2) is 13.6 Å². The molecule has 0 aliphatic heterocycles. The van der Waals surface area contributed by atoms with Crippen LogP contribution in [-0.2, 0) is 0 Å². The number of aromatic carboxylic acids is 1. The number of H-pyrrole nitrogens is 1. The molecule has 1 aromatic carbocycles. The molecule has 0 unspecified atom stereocenters. The van der Waals surface area contributed by atoms with Crippen LogP contribution in [0.3, 0.4) is 0 Å². The Bertz CT molecular complexity index is 654. The minimum atomic E-state index is -1.35. The Morgan fingerprint density at radius 3 is 2.63 bits per heavy atom. The van der Waals surface area contributed by atoms with Crippen LogP contribution in [0, 0.1) is 11.6 Å². The molecule has 0 spiro atoms. The predicted octanol–water partition coefficient (Wildman–Crippen LogP) is 1.77. The third-order valence-electron chi connectivity index (χ3n) is 2.44. The Hall–Kier alpha value is -2.64. The highest BCUT2D eigenvalue weighted by Gasteiger charge is 2.23.